The van der Waals surface area contributed by atoms with Gasteiger partial charge in [0.05, 0.1) is 14.2 Å². The Hall–Kier alpha value is -3.39. The van der Waals surface area contributed by atoms with Gasteiger partial charge in [0.2, 0.25) is 11.8 Å². The molecule has 2 aromatic carbocycles. The molecule has 7 nitrogen and oxygen atoms in total. The lowest BCUT2D eigenvalue weighted by Gasteiger charge is -2.10. The summed E-state index contributed by atoms with van der Waals surface area (Å²) in [5, 5.41) is 8.47. The number of carbonyl (C=O) groups is 2. The molecule has 0 radical (unpaired) electrons. The van der Waals surface area contributed by atoms with Crippen LogP contribution in [0, 0.1) is 5.92 Å². The van der Waals surface area contributed by atoms with Crippen LogP contribution in [0.1, 0.15) is 19.4 Å². The van der Waals surface area contributed by atoms with Crippen LogP contribution in [-0.2, 0) is 9.59 Å². The largest absolute Gasteiger partial charge is 0.493 e. The first kappa shape index (κ1) is 22.9. The predicted octanol–water partition coefficient (Wildman–Crippen LogP) is 3.82. The molecule has 0 spiro atoms. The summed E-state index contributed by atoms with van der Waals surface area (Å²) < 4.78 is 10.4. The average Bonchev–Trinajstić information content (AvgIpc) is 2.73. The number of hydrogen-bond acceptors (Lipinski definition) is 5. The average molecular weight is 428 g/mol. The van der Waals surface area contributed by atoms with Gasteiger partial charge in [-0.1, -0.05) is 19.9 Å². The van der Waals surface area contributed by atoms with Gasteiger partial charge in [-0.25, -0.2) is 0 Å². The number of nitrogens with one attached hydrogen (secondary N) is 3. The number of benzene rings is 2. The van der Waals surface area contributed by atoms with Crippen molar-refractivity contribution in [3.63, 3.8) is 0 Å². The van der Waals surface area contributed by atoms with Crippen molar-refractivity contribution >= 4 is 46.6 Å². The van der Waals surface area contributed by atoms with Crippen LogP contribution in [0.15, 0.2) is 48.5 Å². The van der Waals surface area contributed by atoms with E-state index in [4.69, 9.17) is 21.7 Å². The fraction of sp³-hybridized carbons (Fsp3) is 0.227. The zero-order chi connectivity index (χ0) is 22.1. The number of rotatable bonds is 7. The van der Waals surface area contributed by atoms with Gasteiger partial charge in [0.15, 0.2) is 16.6 Å². The third-order valence-corrected chi connectivity index (χ3v) is 4.21. The highest BCUT2D eigenvalue weighted by molar-refractivity contribution is 7.80. The summed E-state index contributed by atoms with van der Waals surface area (Å²) in [5.41, 5.74) is 2.15. The Morgan fingerprint density at radius 3 is 2.10 bits per heavy atom. The third-order valence-electron chi connectivity index (χ3n) is 4.01. The van der Waals surface area contributed by atoms with Crippen LogP contribution in [-0.4, -0.2) is 31.1 Å². The number of methoxy groups -OCH3 is 2. The molecule has 2 amide bonds. The zero-order valence-electron chi connectivity index (χ0n) is 17.3. The first-order chi connectivity index (χ1) is 14.3. The van der Waals surface area contributed by atoms with Crippen molar-refractivity contribution in [2.45, 2.75) is 13.8 Å². The predicted molar refractivity (Wildman–Crippen MR) is 123 cm³/mol. The second-order valence-corrected chi connectivity index (χ2v) is 7.02. The molecule has 0 unspecified atom stereocenters. The molecule has 8 heteroatoms. The van der Waals surface area contributed by atoms with E-state index in [9.17, 15) is 9.59 Å². The minimum Gasteiger partial charge on any atom is -0.493 e. The van der Waals surface area contributed by atoms with Crippen molar-refractivity contribution in [1.82, 2.24) is 5.32 Å². The Balaban J connectivity index is 1.89. The number of anilines is 2. The molecule has 0 aliphatic rings. The number of thiocarbonyl (C=S) groups is 1. The molecular weight excluding hydrogens is 402 g/mol. The van der Waals surface area contributed by atoms with Crippen LogP contribution in [0.3, 0.4) is 0 Å². The smallest absolute Gasteiger partial charge is 0.250 e. The molecule has 3 N–H and O–H groups in total. The first-order valence-corrected chi connectivity index (χ1v) is 9.66. The Labute approximate surface area is 181 Å². The fourth-order valence-corrected chi connectivity index (χ4v) is 2.59. The Kier molecular flexibility index (Phi) is 8.37. The minimum atomic E-state index is -0.372. The number of carbonyl (C=O) groups excluding carboxylic acids is 2. The molecule has 2 rings (SSSR count). The van der Waals surface area contributed by atoms with Crippen LogP contribution < -0.4 is 25.4 Å². The van der Waals surface area contributed by atoms with Crippen LogP contribution in [0.25, 0.3) is 6.08 Å². The topological polar surface area (TPSA) is 88.7 Å². The van der Waals surface area contributed by atoms with Crippen LogP contribution in [0.4, 0.5) is 11.4 Å². The van der Waals surface area contributed by atoms with E-state index >= 15 is 0 Å². The standard InChI is InChI=1S/C22H25N3O4S/c1-14(2)21(27)23-16-7-9-17(10-8-16)24-22(30)25-20(26)12-6-15-5-11-18(28-3)19(13-15)29-4/h5-14H,1-4H3,(H,23,27)(H2,24,25,26,30)/b12-6+. The van der Waals surface area contributed by atoms with Crippen LogP contribution in [0.2, 0.25) is 0 Å². The summed E-state index contributed by atoms with van der Waals surface area (Å²) in [6, 6.07) is 12.4. The molecule has 0 saturated heterocycles. The molecule has 0 aromatic heterocycles. The maximum atomic E-state index is 12.1. The second kappa shape index (κ2) is 11.0. The molecule has 0 saturated carbocycles. The van der Waals surface area contributed by atoms with E-state index in [0.29, 0.717) is 22.9 Å². The van der Waals surface area contributed by atoms with Gasteiger partial charge in [-0.15, -0.1) is 0 Å². The molecule has 30 heavy (non-hydrogen) atoms. The zero-order valence-corrected chi connectivity index (χ0v) is 18.1. The maximum absolute atomic E-state index is 12.1. The van der Waals surface area contributed by atoms with Gasteiger partial charge in [-0.3, -0.25) is 14.9 Å². The monoisotopic (exact) mass is 427 g/mol. The van der Waals surface area contributed by atoms with E-state index in [2.05, 4.69) is 16.0 Å². The van der Waals surface area contributed by atoms with Crippen molar-refractivity contribution in [2.24, 2.45) is 5.92 Å². The molecule has 0 aliphatic heterocycles. The van der Waals surface area contributed by atoms with E-state index in [1.807, 2.05) is 13.8 Å². The highest BCUT2D eigenvalue weighted by Gasteiger charge is 2.07. The first-order valence-electron chi connectivity index (χ1n) is 9.25. The lowest BCUT2D eigenvalue weighted by Crippen LogP contribution is -2.32. The summed E-state index contributed by atoms with van der Waals surface area (Å²) in [7, 11) is 3.11. The Bertz CT molecular complexity index is 940. The van der Waals surface area contributed by atoms with Gasteiger partial charge in [0.25, 0.3) is 0 Å². The van der Waals surface area contributed by atoms with Gasteiger partial charge >= 0.3 is 0 Å². The van der Waals surface area contributed by atoms with Crippen molar-refractivity contribution in [3.8, 4) is 11.5 Å². The van der Waals surface area contributed by atoms with Crippen molar-refractivity contribution in [3.05, 3.63) is 54.1 Å². The lowest BCUT2D eigenvalue weighted by atomic mass is 10.2. The third kappa shape index (κ3) is 6.89. The number of amides is 2. The minimum absolute atomic E-state index is 0.0558. The second-order valence-electron chi connectivity index (χ2n) is 6.61. The summed E-state index contributed by atoms with van der Waals surface area (Å²) in [4.78, 5) is 23.8. The summed E-state index contributed by atoms with van der Waals surface area (Å²) in [6.45, 7) is 3.65. The van der Waals surface area contributed by atoms with Crippen molar-refractivity contribution in [2.75, 3.05) is 24.9 Å². The normalized spacial score (nSPS) is 10.6. The summed E-state index contributed by atoms with van der Waals surface area (Å²) >= 11 is 5.17. The van der Waals surface area contributed by atoms with E-state index in [1.165, 1.54) is 6.08 Å². The van der Waals surface area contributed by atoms with Crippen molar-refractivity contribution < 1.29 is 19.1 Å². The Morgan fingerprint density at radius 2 is 1.53 bits per heavy atom. The molecule has 158 valence electrons. The molecule has 2 aromatic rings. The van der Waals surface area contributed by atoms with Crippen molar-refractivity contribution in [1.29, 1.82) is 0 Å². The molecular formula is C22H25N3O4S. The maximum Gasteiger partial charge on any atom is 0.250 e. The Morgan fingerprint density at radius 1 is 0.933 bits per heavy atom. The molecule has 0 bridgehead atoms. The highest BCUT2D eigenvalue weighted by Crippen LogP contribution is 2.27. The summed E-state index contributed by atoms with van der Waals surface area (Å²) in [6.07, 6.45) is 3.02. The summed E-state index contributed by atoms with van der Waals surface area (Å²) in [5.74, 6) is 0.657. The van der Waals surface area contributed by atoms with Gasteiger partial charge in [-0.05, 0) is 60.3 Å². The molecule has 0 heterocycles. The lowest BCUT2D eigenvalue weighted by molar-refractivity contribution is -0.119. The number of ether oxygens (including phenoxy) is 2. The van der Waals surface area contributed by atoms with Gasteiger partial charge in [-0.2, -0.15) is 0 Å². The quantitative estimate of drug-likeness (QED) is 0.460. The molecule has 0 atom stereocenters. The van der Waals surface area contributed by atoms with Gasteiger partial charge in [0, 0.05) is 23.4 Å². The molecule has 0 fully saturated rings. The van der Waals surface area contributed by atoms with Gasteiger partial charge in [0.1, 0.15) is 0 Å². The molecule has 0 aliphatic carbocycles. The fourth-order valence-electron chi connectivity index (χ4n) is 2.37. The van der Waals surface area contributed by atoms with Crippen LogP contribution in [0.5, 0.6) is 11.5 Å². The van der Waals surface area contributed by atoms with E-state index < -0.39 is 0 Å². The van der Waals surface area contributed by atoms with E-state index in [-0.39, 0.29) is 22.8 Å². The number of hydrogen-bond donors (Lipinski definition) is 3. The SMILES string of the molecule is COc1ccc(/C=C/C(=O)NC(=S)Nc2ccc(NC(=O)C(C)C)cc2)cc1OC. The van der Waals surface area contributed by atoms with E-state index in [0.717, 1.165) is 5.56 Å². The highest BCUT2D eigenvalue weighted by atomic mass is 32.1. The van der Waals surface area contributed by atoms with Gasteiger partial charge < -0.3 is 20.1 Å². The van der Waals surface area contributed by atoms with E-state index in [1.54, 1.807) is 62.8 Å². The van der Waals surface area contributed by atoms with Crippen LogP contribution >= 0.6 is 12.2 Å².